The second kappa shape index (κ2) is 3.67. The number of phenols is 1. The van der Waals surface area contributed by atoms with Crippen molar-refractivity contribution < 1.29 is 14.3 Å². The molecule has 0 unspecified atom stereocenters. The number of aldehydes is 1. The van der Waals surface area contributed by atoms with Gasteiger partial charge in [-0.2, -0.15) is 0 Å². The highest BCUT2D eigenvalue weighted by atomic mass is 19.1. The normalized spacial score (nSPS) is 10.4. The summed E-state index contributed by atoms with van der Waals surface area (Å²) in [5, 5.41) is 8.83. The van der Waals surface area contributed by atoms with Gasteiger partial charge in [-0.15, -0.1) is 0 Å². The zero-order valence-electron chi connectivity index (χ0n) is 6.20. The van der Waals surface area contributed by atoms with Crippen LogP contribution in [0.5, 0.6) is 5.75 Å². The molecule has 3 heteroatoms. The monoisotopic (exact) mass is 166 g/mol. The average Bonchev–Trinajstić information content (AvgIpc) is 2.03. The summed E-state index contributed by atoms with van der Waals surface area (Å²) in [6, 6.07) is 3.74. The zero-order valence-corrected chi connectivity index (χ0v) is 6.20. The molecule has 1 aromatic carbocycles. The molecule has 0 aliphatic rings. The van der Waals surface area contributed by atoms with Gasteiger partial charge in [-0.3, -0.25) is 4.79 Å². The Balaban J connectivity index is 3.01. The van der Waals surface area contributed by atoms with Crippen LogP contribution in [-0.4, -0.2) is 11.4 Å². The van der Waals surface area contributed by atoms with Crippen molar-refractivity contribution in [2.24, 2.45) is 0 Å². The highest BCUT2D eigenvalue weighted by Gasteiger charge is 1.98. The summed E-state index contributed by atoms with van der Waals surface area (Å²) in [5.74, 6) is -0.677. The smallest absolute Gasteiger partial charge is 0.142 e. The van der Waals surface area contributed by atoms with E-state index in [0.717, 1.165) is 6.07 Å². The fourth-order valence-electron chi connectivity index (χ4n) is 0.794. The van der Waals surface area contributed by atoms with Crippen molar-refractivity contribution in [2.45, 2.75) is 0 Å². The predicted octanol–water partition coefficient (Wildman–Crippen LogP) is 1.74. The highest BCUT2D eigenvalue weighted by Crippen LogP contribution is 2.15. The molecular formula is C9H7FO2. The summed E-state index contributed by atoms with van der Waals surface area (Å²) in [5.41, 5.74) is 0.278. The first-order valence-corrected chi connectivity index (χ1v) is 3.34. The summed E-state index contributed by atoms with van der Waals surface area (Å²) in [6.45, 7) is 0. The van der Waals surface area contributed by atoms with Crippen molar-refractivity contribution >= 4 is 12.4 Å². The first-order valence-electron chi connectivity index (χ1n) is 3.34. The van der Waals surface area contributed by atoms with E-state index in [1.165, 1.54) is 24.3 Å². The Morgan fingerprint density at radius 3 is 2.75 bits per heavy atom. The lowest BCUT2D eigenvalue weighted by atomic mass is 10.2. The zero-order chi connectivity index (χ0) is 8.97. The number of phenolic OH excluding ortho intramolecular Hbond substituents is 1. The number of aromatic hydroxyl groups is 1. The summed E-state index contributed by atoms with van der Waals surface area (Å²) < 4.78 is 12.8. The number of benzene rings is 1. The summed E-state index contributed by atoms with van der Waals surface area (Å²) >= 11 is 0. The van der Waals surface area contributed by atoms with Crippen LogP contribution in [0.2, 0.25) is 0 Å². The van der Waals surface area contributed by atoms with Gasteiger partial charge in [-0.05, 0) is 24.3 Å². The molecule has 1 aromatic rings. The van der Waals surface area contributed by atoms with Gasteiger partial charge < -0.3 is 5.11 Å². The van der Waals surface area contributed by atoms with Gasteiger partial charge in [0.05, 0.1) is 0 Å². The van der Waals surface area contributed by atoms with E-state index >= 15 is 0 Å². The number of hydrogen-bond donors (Lipinski definition) is 1. The lowest BCUT2D eigenvalue weighted by Gasteiger charge is -1.95. The molecule has 0 heterocycles. The van der Waals surface area contributed by atoms with Gasteiger partial charge in [0, 0.05) is 11.6 Å². The summed E-state index contributed by atoms with van der Waals surface area (Å²) in [4.78, 5) is 9.90. The first-order chi connectivity index (χ1) is 5.74. The van der Waals surface area contributed by atoms with Gasteiger partial charge in [0.15, 0.2) is 0 Å². The minimum absolute atomic E-state index is 0.129. The van der Waals surface area contributed by atoms with Crippen LogP contribution >= 0.6 is 0 Å². The number of carbonyl (C=O) groups is 1. The third kappa shape index (κ3) is 1.92. The first kappa shape index (κ1) is 8.46. The van der Waals surface area contributed by atoms with Gasteiger partial charge in [0.2, 0.25) is 0 Å². The van der Waals surface area contributed by atoms with E-state index < -0.39 is 5.82 Å². The summed E-state index contributed by atoms with van der Waals surface area (Å²) in [7, 11) is 0. The molecule has 0 aliphatic heterocycles. The Labute approximate surface area is 69.0 Å². The minimum atomic E-state index is -0.548. The predicted molar refractivity (Wildman–Crippen MR) is 43.2 cm³/mol. The number of carbonyl (C=O) groups excluding carboxylic acids is 1. The lowest BCUT2D eigenvalue weighted by Crippen LogP contribution is -1.80. The topological polar surface area (TPSA) is 37.3 Å². The van der Waals surface area contributed by atoms with Crippen LogP contribution in [-0.2, 0) is 4.79 Å². The largest absolute Gasteiger partial charge is 0.508 e. The van der Waals surface area contributed by atoms with Gasteiger partial charge >= 0.3 is 0 Å². The van der Waals surface area contributed by atoms with Crippen LogP contribution in [0.3, 0.4) is 0 Å². The number of rotatable bonds is 2. The van der Waals surface area contributed by atoms with Crippen LogP contribution in [0.15, 0.2) is 24.3 Å². The molecule has 0 fully saturated rings. The van der Waals surface area contributed by atoms with Crippen LogP contribution < -0.4 is 0 Å². The maximum Gasteiger partial charge on any atom is 0.142 e. The van der Waals surface area contributed by atoms with E-state index in [4.69, 9.17) is 5.11 Å². The van der Waals surface area contributed by atoms with Crippen molar-refractivity contribution in [3.63, 3.8) is 0 Å². The SMILES string of the molecule is O=C/C=C/c1ccc(O)cc1F. The Hall–Kier alpha value is -1.64. The Kier molecular flexibility index (Phi) is 2.58. The van der Waals surface area contributed by atoms with Gasteiger partial charge in [-0.25, -0.2) is 4.39 Å². The molecule has 0 bridgehead atoms. The van der Waals surface area contributed by atoms with E-state index in [0.29, 0.717) is 6.29 Å². The Morgan fingerprint density at radius 1 is 1.42 bits per heavy atom. The van der Waals surface area contributed by atoms with Gasteiger partial charge in [-0.1, -0.05) is 0 Å². The Morgan fingerprint density at radius 2 is 2.17 bits per heavy atom. The fourth-order valence-corrected chi connectivity index (χ4v) is 0.794. The average molecular weight is 166 g/mol. The molecule has 0 amide bonds. The molecule has 0 aromatic heterocycles. The molecule has 62 valence electrons. The number of hydrogen-bond acceptors (Lipinski definition) is 2. The third-order valence-electron chi connectivity index (χ3n) is 1.34. The number of halogens is 1. The van der Waals surface area contributed by atoms with Crippen molar-refractivity contribution in [2.75, 3.05) is 0 Å². The molecule has 2 nitrogen and oxygen atoms in total. The molecule has 0 radical (unpaired) electrons. The second-order valence-electron chi connectivity index (χ2n) is 2.20. The van der Waals surface area contributed by atoms with Crippen LogP contribution in [0.4, 0.5) is 4.39 Å². The van der Waals surface area contributed by atoms with E-state index in [2.05, 4.69) is 0 Å². The van der Waals surface area contributed by atoms with Crippen molar-refractivity contribution in [3.05, 3.63) is 35.7 Å². The van der Waals surface area contributed by atoms with Crippen molar-refractivity contribution in [1.82, 2.24) is 0 Å². The molecular weight excluding hydrogens is 159 g/mol. The Bertz CT molecular complexity index is 318. The maximum atomic E-state index is 12.8. The number of allylic oxidation sites excluding steroid dienone is 1. The van der Waals surface area contributed by atoms with Crippen LogP contribution in [0, 0.1) is 5.82 Å². The fraction of sp³-hybridized carbons (Fsp3) is 0. The molecule has 1 rings (SSSR count). The van der Waals surface area contributed by atoms with E-state index in [1.807, 2.05) is 0 Å². The molecule has 0 saturated heterocycles. The molecule has 1 N–H and O–H groups in total. The van der Waals surface area contributed by atoms with E-state index in [1.54, 1.807) is 0 Å². The van der Waals surface area contributed by atoms with Gasteiger partial charge in [0.1, 0.15) is 17.9 Å². The maximum absolute atomic E-state index is 12.8. The van der Waals surface area contributed by atoms with Crippen LogP contribution in [0.1, 0.15) is 5.56 Å². The van der Waals surface area contributed by atoms with E-state index in [-0.39, 0.29) is 11.3 Å². The van der Waals surface area contributed by atoms with Crippen LogP contribution in [0.25, 0.3) is 6.08 Å². The second-order valence-corrected chi connectivity index (χ2v) is 2.20. The quantitative estimate of drug-likeness (QED) is 0.536. The molecule has 0 saturated carbocycles. The molecule has 0 atom stereocenters. The van der Waals surface area contributed by atoms with Crippen molar-refractivity contribution in [1.29, 1.82) is 0 Å². The molecule has 0 aliphatic carbocycles. The van der Waals surface area contributed by atoms with E-state index in [9.17, 15) is 9.18 Å². The van der Waals surface area contributed by atoms with Crippen molar-refractivity contribution in [3.8, 4) is 5.75 Å². The molecule has 12 heavy (non-hydrogen) atoms. The highest BCUT2D eigenvalue weighted by molar-refractivity contribution is 5.73. The standard InChI is InChI=1S/C9H7FO2/c10-9-6-8(12)4-3-7(9)2-1-5-11/h1-6,12H/b2-1+. The summed E-state index contributed by atoms with van der Waals surface area (Å²) in [6.07, 6.45) is 3.09. The third-order valence-corrected chi connectivity index (χ3v) is 1.34. The molecule has 0 spiro atoms. The minimum Gasteiger partial charge on any atom is -0.508 e. The van der Waals surface area contributed by atoms with Gasteiger partial charge in [0.25, 0.3) is 0 Å². The lowest BCUT2D eigenvalue weighted by molar-refractivity contribution is -0.104.